The maximum Gasteiger partial charge on any atom is 0.112 e. The third-order valence-corrected chi connectivity index (χ3v) is 12.4. The number of hydrogen-bond donors (Lipinski definition) is 1. The van der Waals surface area contributed by atoms with E-state index in [0.717, 1.165) is 18.5 Å². The van der Waals surface area contributed by atoms with Gasteiger partial charge in [0.1, 0.15) is 23.2 Å². The minimum Gasteiger partial charge on any atom is -0.396 e. The zero-order valence-electron chi connectivity index (χ0n) is 20.2. The molecule has 0 aromatic heterocycles. The fourth-order valence-corrected chi connectivity index (χ4v) is 10.5. The molecule has 1 nitrogen and oxygen atoms in total. The van der Waals surface area contributed by atoms with Gasteiger partial charge in [0.2, 0.25) is 0 Å². The second kappa shape index (κ2) is 12.0. The SMILES string of the molecule is CCCC1CCC(C(CO)CC[P+](c2ccccc2)(c2ccccc2)c2ccccc2)CC1. The van der Waals surface area contributed by atoms with Crippen LogP contribution in [0.1, 0.15) is 51.9 Å². The number of rotatable bonds is 10. The third-order valence-electron chi connectivity index (χ3n) is 7.92. The van der Waals surface area contributed by atoms with E-state index in [1.54, 1.807) is 0 Å². The summed E-state index contributed by atoms with van der Waals surface area (Å²) in [6.07, 6.45) is 10.2. The summed E-state index contributed by atoms with van der Waals surface area (Å²) in [7, 11) is -1.81. The Kier molecular flexibility index (Phi) is 8.76. The van der Waals surface area contributed by atoms with Crippen LogP contribution in [0, 0.1) is 17.8 Å². The highest BCUT2D eigenvalue weighted by Crippen LogP contribution is 2.56. The summed E-state index contributed by atoms with van der Waals surface area (Å²) >= 11 is 0. The van der Waals surface area contributed by atoms with Gasteiger partial charge in [-0.1, -0.05) is 87.2 Å². The Morgan fingerprint density at radius 2 is 1.18 bits per heavy atom. The van der Waals surface area contributed by atoms with Crippen molar-refractivity contribution < 1.29 is 5.11 Å². The Morgan fingerprint density at radius 1 is 0.727 bits per heavy atom. The maximum atomic E-state index is 10.5. The minimum atomic E-state index is -1.81. The molecule has 0 amide bonds. The molecule has 3 aromatic carbocycles. The quantitative estimate of drug-likeness (QED) is 0.339. The highest BCUT2D eigenvalue weighted by Gasteiger charge is 2.45. The van der Waals surface area contributed by atoms with Crippen molar-refractivity contribution in [2.24, 2.45) is 17.8 Å². The molecule has 2 heteroatoms. The Bertz CT molecular complexity index is 836. The predicted molar refractivity (Wildman–Crippen MR) is 146 cm³/mol. The normalized spacial score (nSPS) is 19.8. The molecule has 0 saturated heterocycles. The first-order chi connectivity index (χ1) is 16.3. The Balaban J connectivity index is 1.66. The first-order valence-electron chi connectivity index (χ1n) is 12.9. The molecule has 4 rings (SSSR count). The molecule has 1 aliphatic rings. The van der Waals surface area contributed by atoms with E-state index >= 15 is 0 Å². The van der Waals surface area contributed by atoms with Crippen molar-refractivity contribution in [1.82, 2.24) is 0 Å². The van der Waals surface area contributed by atoms with E-state index in [9.17, 15) is 5.11 Å². The maximum absolute atomic E-state index is 10.5. The van der Waals surface area contributed by atoms with Crippen LogP contribution in [0.4, 0.5) is 0 Å². The molecule has 0 heterocycles. The molecule has 33 heavy (non-hydrogen) atoms. The average Bonchev–Trinajstić information content (AvgIpc) is 2.89. The van der Waals surface area contributed by atoms with Crippen LogP contribution in [0.15, 0.2) is 91.0 Å². The number of hydrogen-bond acceptors (Lipinski definition) is 1. The van der Waals surface area contributed by atoms with E-state index in [4.69, 9.17) is 0 Å². The average molecular weight is 460 g/mol. The van der Waals surface area contributed by atoms with Gasteiger partial charge in [-0.05, 0) is 73.4 Å². The molecule has 1 aliphatic carbocycles. The fraction of sp³-hybridized carbons (Fsp3) is 0.419. The van der Waals surface area contributed by atoms with Crippen LogP contribution < -0.4 is 15.9 Å². The lowest BCUT2D eigenvalue weighted by atomic mass is 9.74. The minimum absolute atomic E-state index is 0.321. The summed E-state index contributed by atoms with van der Waals surface area (Å²) in [4.78, 5) is 0. The lowest BCUT2D eigenvalue weighted by Gasteiger charge is -2.35. The van der Waals surface area contributed by atoms with Gasteiger partial charge in [0.15, 0.2) is 0 Å². The Labute approximate surface area is 201 Å². The van der Waals surface area contributed by atoms with Crippen LogP contribution in [0.5, 0.6) is 0 Å². The van der Waals surface area contributed by atoms with E-state index in [-0.39, 0.29) is 0 Å². The van der Waals surface area contributed by atoms with Gasteiger partial charge in [0, 0.05) is 6.61 Å². The number of aliphatic hydroxyl groups is 1. The standard InChI is InChI=1S/C31H40OP/c1-2-12-26-19-21-27(22-20-26)28(25-32)23-24-33(29-13-6-3-7-14-29,30-15-8-4-9-16-30)31-17-10-5-11-18-31/h3-11,13-18,26-28,32H,2,12,19-25H2,1H3/q+1. The van der Waals surface area contributed by atoms with Gasteiger partial charge in [-0.2, -0.15) is 0 Å². The summed E-state index contributed by atoms with van der Waals surface area (Å²) in [6.45, 7) is 2.63. The predicted octanol–water partition coefficient (Wildman–Crippen LogP) is 6.59. The van der Waals surface area contributed by atoms with Crippen LogP contribution >= 0.6 is 7.26 Å². The van der Waals surface area contributed by atoms with Gasteiger partial charge in [-0.3, -0.25) is 0 Å². The van der Waals surface area contributed by atoms with Gasteiger partial charge >= 0.3 is 0 Å². The highest BCUT2D eigenvalue weighted by molar-refractivity contribution is 7.95. The monoisotopic (exact) mass is 459 g/mol. The molecule has 0 aliphatic heterocycles. The van der Waals surface area contributed by atoms with Gasteiger partial charge < -0.3 is 5.11 Å². The van der Waals surface area contributed by atoms with E-state index in [1.165, 1.54) is 54.4 Å². The van der Waals surface area contributed by atoms with Crippen LogP contribution in [-0.4, -0.2) is 17.9 Å². The lowest BCUT2D eigenvalue weighted by Crippen LogP contribution is -2.35. The molecule has 1 atom stereocenters. The van der Waals surface area contributed by atoms with Gasteiger partial charge in [0.25, 0.3) is 0 Å². The largest absolute Gasteiger partial charge is 0.396 e. The van der Waals surface area contributed by atoms with Crippen molar-refractivity contribution in [2.45, 2.75) is 51.9 Å². The number of aliphatic hydroxyl groups excluding tert-OH is 1. The topological polar surface area (TPSA) is 20.2 Å². The second-order valence-corrected chi connectivity index (χ2v) is 13.5. The molecular formula is C31H40OP+. The smallest absolute Gasteiger partial charge is 0.112 e. The molecule has 1 saturated carbocycles. The van der Waals surface area contributed by atoms with Gasteiger partial charge in [-0.15, -0.1) is 0 Å². The van der Waals surface area contributed by atoms with Crippen LogP contribution in [0.2, 0.25) is 0 Å². The van der Waals surface area contributed by atoms with E-state index in [0.29, 0.717) is 18.4 Å². The van der Waals surface area contributed by atoms with E-state index in [1.807, 2.05) is 0 Å². The summed E-state index contributed by atoms with van der Waals surface area (Å²) < 4.78 is 0. The molecule has 1 unspecified atom stereocenters. The zero-order valence-corrected chi connectivity index (χ0v) is 21.0. The van der Waals surface area contributed by atoms with Crippen molar-refractivity contribution in [3.05, 3.63) is 91.0 Å². The third kappa shape index (κ3) is 5.59. The van der Waals surface area contributed by atoms with Crippen LogP contribution in [0.3, 0.4) is 0 Å². The molecular weight excluding hydrogens is 419 g/mol. The first kappa shape index (κ1) is 24.2. The van der Waals surface area contributed by atoms with Crippen molar-refractivity contribution >= 4 is 23.2 Å². The van der Waals surface area contributed by atoms with Crippen LogP contribution in [0.25, 0.3) is 0 Å². The van der Waals surface area contributed by atoms with Crippen molar-refractivity contribution in [3.8, 4) is 0 Å². The molecule has 1 N–H and O–H groups in total. The lowest BCUT2D eigenvalue weighted by molar-refractivity contribution is 0.127. The van der Waals surface area contributed by atoms with E-state index < -0.39 is 7.26 Å². The zero-order chi connectivity index (χ0) is 22.9. The molecule has 0 radical (unpaired) electrons. The first-order valence-corrected chi connectivity index (χ1v) is 14.9. The molecule has 1 fully saturated rings. The van der Waals surface area contributed by atoms with Crippen molar-refractivity contribution in [2.75, 3.05) is 12.8 Å². The van der Waals surface area contributed by atoms with Gasteiger partial charge in [-0.25, -0.2) is 0 Å². The summed E-state index contributed by atoms with van der Waals surface area (Å²) in [5.74, 6) is 1.99. The van der Waals surface area contributed by atoms with Gasteiger partial charge in [0.05, 0.1) is 6.16 Å². The van der Waals surface area contributed by atoms with Crippen molar-refractivity contribution in [1.29, 1.82) is 0 Å². The van der Waals surface area contributed by atoms with E-state index in [2.05, 4.69) is 97.9 Å². The molecule has 0 spiro atoms. The number of benzene rings is 3. The molecule has 174 valence electrons. The second-order valence-electron chi connectivity index (χ2n) is 9.84. The summed E-state index contributed by atoms with van der Waals surface area (Å²) in [5.41, 5.74) is 0. The van der Waals surface area contributed by atoms with Crippen LogP contribution in [-0.2, 0) is 0 Å². The fourth-order valence-electron chi connectivity index (χ4n) is 6.07. The summed E-state index contributed by atoms with van der Waals surface area (Å²) in [5, 5.41) is 14.8. The summed E-state index contributed by atoms with van der Waals surface area (Å²) in [6, 6.07) is 33.5. The van der Waals surface area contributed by atoms with Crippen molar-refractivity contribution in [3.63, 3.8) is 0 Å². The Morgan fingerprint density at radius 3 is 1.58 bits per heavy atom. The molecule has 3 aromatic rings. The highest BCUT2D eigenvalue weighted by atomic mass is 31.2. The molecule has 0 bridgehead atoms. The Hall–Kier alpha value is -1.95.